The van der Waals surface area contributed by atoms with Gasteiger partial charge in [-0.25, -0.2) is 4.79 Å². The zero-order chi connectivity index (χ0) is 23.4. The number of allylic oxidation sites excluding steroid dienone is 1. The number of hydrogen-bond acceptors (Lipinski definition) is 5. The minimum atomic E-state index is -1.17. The number of aromatic nitrogens is 1. The topological polar surface area (TPSA) is 89.6 Å². The highest BCUT2D eigenvalue weighted by molar-refractivity contribution is 5.91. The summed E-state index contributed by atoms with van der Waals surface area (Å²) in [7, 11) is 0. The van der Waals surface area contributed by atoms with Crippen LogP contribution in [0, 0.1) is 53.8 Å². The normalized spacial score (nSPS) is 38.3. The Morgan fingerprint density at radius 3 is 2.79 bits per heavy atom. The number of carboxylic acids is 1. The Morgan fingerprint density at radius 1 is 1.30 bits per heavy atom. The van der Waals surface area contributed by atoms with Crippen LogP contribution in [0.15, 0.2) is 22.2 Å². The minimum Gasteiger partial charge on any atom is -0.478 e. The van der Waals surface area contributed by atoms with E-state index in [0.717, 1.165) is 44.9 Å². The molecule has 0 aromatic carbocycles. The zero-order valence-corrected chi connectivity index (χ0v) is 19.5. The third-order valence-corrected chi connectivity index (χ3v) is 9.65. The van der Waals surface area contributed by atoms with Gasteiger partial charge in [-0.05, 0) is 98.6 Å². The number of aliphatic carboxylic acids is 1. The standard InChI is InChI=1S/C27H33NO5/c1-4-26-12-10-20-19-9-7-18(29)15-17(19)6-8-21(20)22(26)11-13-27(26,5-2)24(25(30)31)32-23-14-16(3)33-28-23/h2,14-15,19-22,24H,4,6-13H2,1,3H3,(H,30,31)/t19?,20?,21?,22?,24?,26-,27+/m0/s1. The van der Waals surface area contributed by atoms with Gasteiger partial charge in [-0.2, -0.15) is 0 Å². The van der Waals surface area contributed by atoms with Crippen LogP contribution in [0.25, 0.3) is 0 Å². The van der Waals surface area contributed by atoms with Crippen LogP contribution in [-0.4, -0.2) is 28.1 Å². The molecule has 176 valence electrons. The van der Waals surface area contributed by atoms with Gasteiger partial charge in [-0.1, -0.05) is 18.4 Å². The Morgan fingerprint density at radius 2 is 2.12 bits per heavy atom. The summed E-state index contributed by atoms with van der Waals surface area (Å²) in [5, 5.41) is 14.2. The Labute approximate surface area is 195 Å². The van der Waals surface area contributed by atoms with Crippen LogP contribution in [0.4, 0.5) is 0 Å². The average molecular weight is 452 g/mol. The van der Waals surface area contributed by atoms with Gasteiger partial charge < -0.3 is 14.4 Å². The van der Waals surface area contributed by atoms with Gasteiger partial charge in [0, 0.05) is 12.5 Å². The van der Waals surface area contributed by atoms with E-state index in [1.807, 2.05) is 6.08 Å². The van der Waals surface area contributed by atoms with Crippen molar-refractivity contribution in [3.63, 3.8) is 0 Å². The van der Waals surface area contributed by atoms with Crippen LogP contribution in [0.1, 0.15) is 70.5 Å². The fraction of sp³-hybridized carbons (Fsp3) is 0.667. The number of carboxylic acid groups (broad SMARTS) is 1. The number of ether oxygens (including phenoxy) is 1. The second-order valence-corrected chi connectivity index (χ2v) is 10.6. The van der Waals surface area contributed by atoms with Crippen LogP contribution in [0.3, 0.4) is 0 Å². The van der Waals surface area contributed by atoms with Crippen molar-refractivity contribution >= 4 is 11.8 Å². The van der Waals surface area contributed by atoms with Crippen molar-refractivity contribution in [2.45, 2.75) is 77.7 Å². The number of carbonyl (C=O) groups excluding carboxylic acids is 1. The van der Waals surface area contributed by atoms with Gasteiger partial charge in [-0.15, -0.1) is 6.42 Å². The predicted octanol–water partition coefficient (Wildman–Crippen LogP) is 4.97. The van der Waals surface area contributed by atoms with E-state index in [9.17, 15) is 14.7 Å². The van der Waals surface area contributed by atoms with Gasteiger partial charge in [0.1, 0.15) is 5.76 Å². The van der Waals surface area contributed by atoms with Crippen molar-refractivity contribution in [1.29, 1.82) is 0 Å². The first-order chi connectivity index (χ1) is 15.8. The number of hydrogen-bond donors (Lipinski definition) is 1. The summed E-state index contributed by atoms with van der Waals surface area (Å²) in [6.07, 6.45) is 15.0. The highest BCUT2D eigenvalue weighted by Gasteiger charge is 2.68. The molecule has 1 aromatic heterocycles. The van der Waals surface area contributed by atoms with Crippen molar-refractivity contribution in [1.82, 2.24) is 5.16 Å². The van der Waals surface area contributed by atoms with E-state index in [4.69, 9.17) is 15.7 Å². The van der Waals surface area contributed by atoms with Gasteiger partial charge in [-0.3, -0.25) is 4.79 Å². The van der Waals surface area contributed by atoms with Crippen LogP contribution >= 0.6 is 0 Å². The third kappa shape index (κ3) is 3.19. The van der Waals surface area contributed by atoms with Gasteiger partial charge >= 0.3 is 5.97 Å². The molecular weight excluding hydrogens is 418 g/mol. The van der Waals surface area contributed by atoms with Gasteiger partial charge in [0.25, 0.3) is 5.88 Å². The highest BCUT2D eigenvalue weighted by Crippen LogP contribution is 2.70. The molecule has 0 bridgehead atoms. The Hall–Kier alpha value is -2.55. The zero-order valence-electron chi connectivity index (χ0n) is 19.5. The molecule has 5 unspecified atom stereocenters. The summed E-state index contributed by atoms with van der Waals surface area (Å²) >= 11 is 0. The fourth-order valence-corrected chi connectivity index (χ4v) is 8.39. The minimum absolute atomic E-state index is 0.178. The van der Waals surface area contributed by atoms with Crippen LogP contribution in [0.2, 0.25) is 0 Å². The van der Waals surface area contributed by atoms with E-state index in [1.54, 1.807) is 13.0 Å². The molecule has 3 fully saturated rings. The van der Waals surface area contributed by atoms with Gasteiger partial charge in [0.2, 0.25) is 6.10 Å². The van der Waals surface area contributed by atoms with E-state index in [0.29, 0.717) is 42.3 Å². The molecule has 0 amide bonds. The number of nitrogens with zero attached hydrogens (tertiary/aromatic N) is 1. The Bertz CT molecular complexity index is 1030. The first-order valence-corrected chi connectivity index (χ1v) is 12.4. The van der Waals surface area contributed by atoms with Crippen molar-refractivity contribution < 1.29 is 24.0 Å². The monoisotopic (exact) mass is 451 g/mol. The molecule has 0 saturated heterocycles. The third-order valence-electron chi connectivity index (χ3n) is 9.65. The molecule has 0 radical (unpaired) electrons. The molecule has 5 rings (SSSR count). The lowest BCUT2D eigenvalue weighted by Crippen LogP contribution is -2.57. The number of fused-ring (bicyclic) bond motifs is 5. The average Bonchev–Trinajstić information content (AvgIpc) is 3.38. The summed E-state index contributed by atoms with van der Waals surface area (Å²) in [6, 6.07) is 1.61. The van der Waals surface area contributed by atoms with E-state index in [2.05, 4.69) is 18.0 Å². The smallest absolute Gasteiger partial charge is 0.346 e. The van der Waals surface area contributed by atoms with Crippen LogP contribution in [-0.2, 0) is 9.59 Å². The lowest BCUT2D eigenvalue weighted by molar-refractivity contribution is -0.159. The first-order valence-electron chi connectivity index (χ1n) is 12.4. The maximum atomic E-state index is 12.6. The summed E-state index contributed by atoms with van der Waals surface area (Å²) < 4.78 is 11.1. The molecule has 1 N–H and O–H groups in total. The number of terminal acetylenes is 1. The molecule has 0 aliphatic heterocycles. The molecule has 6 nitrogen and oxygen atoms in total. The lowest BCUT2D eigenvalue weighted by atomic mass is 9.46. The quantitative estimate of drug-likeness (QED) is 0.636. The van der Waals surface area contributed by atoms with Crippen LogP contribution < -0.4 is 4.74 Å². The van der Waals surface area contributed by atoms with Crippen LogP contribution in [0.5, 0.6) is 5.88 Å². The first kappa shape index (κ1) is 22.3. The van der Waals surface area contributed by atoms with Crippen molar-refractivity contribution in [3.05, 3.63) is 23.5 Å². The molecule has 1 heterocycles. The summed E-state index contributed by atoms with van der Waals surface area (Å²) in [4.78, 5) is 24.6. The number of carbonyl (C=O) groups is 2. The molecule has 7 atom stereocenters. The highest BCUT2D eigenvalue weighted by atomic mass is 16.6. The molecule has 6 heteroatoms. The van der Waals surface area contributed by atoms with Gasteiger partial charge in [0.05, 0.1) is 5.41 Å². The van der Waals surface area contributed by atoms with E-state index < -0.39 is 17.5 Å². The maximum absolute atomic E-state index is 12.6. The maximum Gasteiger partial charge on any atom is 0.346 e. The molecule has 3 saturated carbocycles. The van der Waals surface area contributed by atoms with Crippen molar-refractivity contribution in [2.24, 2.45) is 34.5 Å². The number of aryl methyl sites for hydroxylation is 1. The van der Waals surface area contributed by atoms with Crippen molar-refractivity contribution in [2.75, 3.05) is 0 Å². The van der Waals surface area contributed by atoms with E-state index >= 15 is 0 Å². The summed E-state index contributed by atoms with van der Waals surface area (Å²) in [6.45, 7) is 3.91. The molecule has 0 spiro atoms. The number of rotatable bonds is 5. The predicted molar refractivity (Wildman–Crippen MR) is 121 cm³/mol. The molecule has 1 aromatic rings. The molecular formula is C27H33NO5. The van der Waals surface area contributed by atoms with E-state index in [1.165, 1.54) is 5.57 Å². The molecule has 4 aliphatic carbocycles. The largest absolute Gasteiger partial charge is 0.478 e. The second-order valence-electron chi connectivity index (χ2n) is 10.6. The second kappa shape index (κ2) is 8.04. The van der Waals surface area contributed by atoms with Gasteiger partial charge in [0.15, 0.2) is 5.78 Å². The number of ketones is 1. The SMILES string of the molecule is C#C[C@]1(C(Oc2cc(C)on2)C(=O)O)CCC2C3CCC4=CC(=O)CCC4C3CC[C@@]21CC. The lowest BCUT2D eigenvalue weighted by Gasteiger charge is -2.57. The Balaban J connectivity index is 1.50. The van der Waals surface area contributed by atoms with Crippen molar-refractivity contribution in [3.8, 4) is 18.2 Å². The summed E-state index contributed by atoms with van der Waals surface area (Å²) in [5.41, 5.74) is 0.177. The summed E-state index contributed by atoms with van der Waals surface area (Å²) in [5.74, 6) is 4.96. The van der Waals surface area contributed by atoms with E-state index in [-0.39, 0.29) is 17.1 Å². The Kier molecular flexibility index (Phi) is 5.42. The molecule has 33 heavy (non-hydrogen) atoms. The fourth-order valence-electron chi connectivity index (χ4n) is 8.39. The molecule has 4 aliphatic rings.